The van der Waals surface area contributed by atoms with E-state index in [1.165, 1.54) is 4.90 Å². The standard InChI is InChI=1S/C54H66ClN9O7S/c1-35(37-9-11-38(12-10-37)48-36(2)58-34-72-48)59-50(67)46-30-44(65)31-64(46)51(68)49(53(3,4)5)61-47(66)33-70-26-25-69-24-23-62-19-21-63(22-20-62)52-57-18-17-42(60-52)32-71-45-15-13-39(14-16-45)54(6,7)40-27-41(55)29-43(28-40)56-8/h9-18,27-29,34-35,44,46,49,65H,19-26,30-33H2,1-7H3,(H,59,67)(H,61,66)/t35-,44+,46-,49+/m0/s1. The molecule has 3 N–H and O–H groups in total. The first-order valence-corrected chi connectivity index (χ1v) is 25.6. The molecule has 2 saturated heterocycles. The number of amides is 3. The highest BCUT2D eigenvalue weighted by molar-refractivity contribution is 7.13. The lowest BCUT2D eigenvalue weighted by atomic mass is 9.78. The summed E-state index contributed by atoms with van der Waals surface area (Å²) < 4.78 is 17.6. The molecule has 5 aromatic rings. The van der Waals surface area contributed by atoms with E-state index in [1.54, 1.807) is 23.6 Å². The molecule has 2 aliphatic heterocycles. The number of nitrogens with one attached hydrogen (secondary N) is 2. The molecule has 7 rings (SSSR count). The minimum atomic E-state index is -0.965. The van der Waals surface area contributed by atoms with Gasteiger partial charge in [-0.25, -0.2) is 19.8 Å². The number of carbonyl (C=O) groups is 3. The van der Waals surface area contributed by atoms with E-state index >= 15 is 0 Å². The molecule has 3 aromatic carbocycles. The predicted octanol–water partition coefficient (Wildman–Crippen LogP) is 7.54. The second-order valence-electron chi connectivity index (χ2n) is 20.0. The highest BCUT2D eigenvalue weighted by Gasteiger charge is 2.44. The zero-order valence-corrected chi connectivity index (χ0v) is 43.8. The summed E-state index contributed by atoms with van der Waals surface area (Å²) in [5.74, 6) is 0.116. The first-order chi connectivity index (χ1) is 34.4. The largest absolute Gasteiger partial charge is 0.487 e. The fourth-order valence-electron chi connectivity index (χ4n) is 8.88. The summed E-state index contributed by atoms with van der Waals surface area (Å²) in [4.78, 5) is 65.1. The number of anilines is 1. The van der Waals surface area contributed by atoms with E-state index in [9.17, 15) is 19.5 Å². The maximum Gasteiger partial charge on any atom is 0.246 e. The smallest absolute Gasteiger partial charge is 0.246 e. The Labute approximate surface area is 431 Å². The van der Waals surface area contributed by atoms with Crippen molar-refractivity contribution < 1.29 is 33.7 Å². The lowest BCUT2D eigenvalue weighted by molar-refractivity contribution is -0.144. The number of benzene rings is 3. The van der Waals surface area contributed by atoms with Gasteiger partial charge in [0, 0.05) is 62.3 Å². The van der Waals surface area contributed by atoms with Gasteiger partial charge in [0.1, 0.15) is 31.0 Å². The van der Waals surface area contributed by atoms with Crippen LogP contribution < -0.4 is 20.3 Å². The van der Waals surface area contributed by atoms with Crippen LogP contribution in [0.15, 0.2) is 84.5 Å². The van der Waals surface area contributed by atoms with E-state index < -0.39 is 35.4 Å². The molecule has 0 unspecified atom stereocenters. The Hall–Kier alpha value is -6.00. The van der Waals surface area contributed by atoms with Gasteiger partial charge in [0.05, 0.1) is 60.3 Å². The van der Waals surface area contributed by atoms with Crippen molar-refractivity contribution in [2.75, 3.05) is 70.6 Å². The van der Waals surface area contributed by atoms with Crippen molar-refractivity contribution in [1.29, 1.82) is 0 Å². The van der Waals surface area contributed by atoms with Crippen LogP contribution in [0.4, 0.5) is 11.6 Å². The molecular weight excluding hydrogens is 954 g/mol. The van der Waals surface area contributed by atoms with Crippen LogP contribution in [-0.2, 0) is 35.9 Å². The molecule has 4 heterocycles. The van der Waals surface area contributed by atoms with Gasteiger partial charge < -0.3 is 39.8 Å². The van der Waals surface area contributed by atoms with Gasteiger partial charge in [0.2, 0.25) is 23.7 Å². The highest BCUT2D eigenvalue weighted by Crippen LogP contribution is 2.36. The van der Waals surface area contributed by atoms with Crippen LogP contribution in [0.3, 0.4) is 0 Å². The zero-order chi connectivity index (χ0) is 51.6. The number of thiazole rings is 1. The van der Waals surface area contributed by atoms with Crippen LogP contribution in [0.5, 0.6) is 5.75 Å². The maximum atomic E-state index is 14.1. The Morgan fingerprint density at radius 2 is 1.64 bits per heavy atom. The lowest BCUT2D eigenvalue weighted by Crippen LogP contribution is -2.58. The number of halogens is 1. The monoisotopic (exact) mass is 1020 g/mol. The molecule has 0 spiro atoms. The Morgan fingerprint density at radius 1 is 0.917 bits per heavy atom. The minimum Gasteiger partial charge on any atom is -0.487 e. The van der Waals surface area contributed by atoms with Gasteiger partial charge in [-0.3, -0.25) is 19.3 Å². The molecule has 18 heteroatoms. The number of likely N-dealkylation sites (tertiary alicyclic amines) is 1. The number of aliphatic hydroxyl groups is 1. The number of aryl methyl sites for hydroxylation is 1. The number of carbonyl (C=O) groups excluding carboxylic acids is 3. The number of rotatable bonds is 20. The number of piperazine rings is 1. The average Bonchev–Trinajstić information content (AvgIpc) is 3.99. The molecule has 4 atom stereocenters. The third-order valence-corrected chi connectivity index (χ3v) is 14.5. The van der Waals surface area contributed by atoms with Crippen molar-refractivity contribution in [3.8, 4) is 16.2 Å². The normalized spacial score (nSPS) is 17.3. The van der Waals surface area contributed by atoms with Gasteiger partial charge in [-0.05, 0) is 71.8 Å². The second kappa shape index (κ2) is 24.1. The number of aliphatic hydroxyl groups excluding tert-OH is 1. The van der Waals surface area contributed by atoms with Crippen LogP contribution >= 0.6 is 22.9 Å². The third-order valence-electron chi connectivity index (χ3n) is 13.3. The Kier molecular flexibility index (Phi) is 18.0. The molecule has 382 valence electrons. The van der Waals surface area contributed by atoms with Gasteiger partial charge in [-0.1, -0.05) is 88.7 Å². The molecule has 2 fully saturated rings. The molecule has 0 radical (unpaired) electrons. The summed E-state index contributed by atoms with van der Waals surface area (Å²) in [6.45, 7) is 25.9. The van der Waals surface area contributed by atoms with Gasteiger partial charge in [0.15, 0.2) is 5.69 Å². The second-order valence-corrected chi connectivity index (χ2v) is 21.3. The topological polar surface area (TPSA) is 176 Å². The molecule has 0 aliphatic carbocycles. The fraction of sp³-hybridized carbons (Fsp3) is 0.463. The van der Waals surface area contributed by atoms with Gasteiger partial charge in [-0.2, -0.15) is 0 Å². The van der Waals surface area contributed by atoms with E-state index in [-0.39, 0.29) is 43.5 Å². The van der Waals surface area contributed by atoms with Crippen LogP contribution in [0, 0.1) is 18.9 Å². The number of ether oxygens (including phenoxy) is 3. The van der Waals surface area contributed by atoms with Crippen molar-refractivity contribution in [3.63, 3.8) is 0 Å². The van der Waals surface area contributed by atoms with Crippen molar-refractivity contribution in [3.05, 3.63) is 129 Å². The average molecular weight is 1020 g/mol. The highest BCUT2D eigenvalue weighted by atomic mass is 35.5. The number of hydrogen-bond donors (Lipinski definition) is 3. The summed E-state index contributed by atoms with van der Waals surface area (Å²) >= 11 is 7.89. The fourth-order valence-corrected chi connectivity index (χ4v) is 9.92. The van der Waals surface area contributed by atoms with Crippen LogP contribution in [0.1, 0.15) is 82.1 Å². The van der Waals surface area contributed by atoms with Crippen LogP contribution in [0.2, 0.25) is 5.02 Å². The molecule has 3 amide bonds. The Balaban J connectivity index is 0.786. The number of hydrogen-bond acceptors (Lipinski definition) is 13. The Bertz CT molecular complexity index is 2680. The van der Waals surface area contributed by atoms with Crippen LogP contribution in [-0.4, -0.2) is 131 Å². The van der Waals surface area contributed by atoms with Gasteiger partial charge in [0.25, 0.3) is 0 Å². The summed E-state index contributed by atoms with van der Waals surface area (Å²) in [6, 6.07) is 21.0. The van der Waals surface area contributed by atoms with Crippen molar-refractivity contribution >= 4 is 52.3 Å². The first kappa shape index (κ1) is 53.8. The number of aromatic nitrogens is 3. The molecule has 2 aromatic heterocycles. The van der Waals surface area contributed by atoms with E-state index in [4.69, 9.17) is 37.4 Å². The van der Waals surface area contributed by atoms with Gasteiger partial charge >= 0.3 is 0 Å². The summed E-state index contributed by atoms with van der Waals surface area (Å²) in [7, 11) is 0. The molecule has 16 nitrogen and oxygen atoms in total. The molecule has 72 heavy (non-hydrogen) atoms. The van der Waals surface area contributed by atoms with E-state index in [0.717, 1.165) is 77.0 Å². The maximum absolute atomic E-state index is 14.1. The quantitative estimate of drug-likeness (QED) is 0.0517. The molecule has 0 saturated carbocycles. The predicted molar refractivity (Wildman–Crippen MR) is 279 cm³/mol. The van der Waals surface area contributed by atoms with Crippen molar-refractivity contribution in [2.24, 2.45) is 5.41 Å². The summed E-state index contributed by atoms with van der Waals surface area (Å²) in [5.41, 5.74) is 7.00. The third kappa shape index (κ3) is 13.9. The van der Waals surface area contributed by atoms with E-state index in [1.807, 2.05) is 107 Å². The SMILES string of the molecule is [C-]#[N+]c1cc(Cl)cc(C(C)(C)c2ccc(OCc3ccnc(N4CCN(CCOCCOCC(=O)N[C@H](C(=O)N5C[C@H](O)C[C@H]5C(=O)N[C@@H](C)c5ccc(-c6scnc6C)cc5)C(C)(C)C)CC4)n3)cc2)c1. The summed E-state index contributed by atoms with van der Waals surface area (Å²) in [5, 5.41) is 17.1. The van der Waals surface area contributed by atoms with E-state index in [0.29, 0.717) is 36.5 Å². The Morgan fingerprint density at radius 3 is 2.32 bits per heavy atom. The molecular formula is C54H66ClN9O7S. The number of β-amino-alcohol motifs (C(OH)–C–C–N with tert-alkyl or cyclic N) is 1. The number of nitrogens with zero attached hydrogens (tertiary/aromatic N) is 7. The summed E-state index contributed by atoms with van der Waals surface area (Å²) in [6.07, 6.45) is 0.977. The molecule has 2 aliphatic rings. The first-order valence-electron chi connectivity index (χ1n) is 24.3. The van der Waals surface area contributed by atoms with Crippen molar-refractivity contribution in [1.82, 2.24) is 35.4 Å². The minimum absolute atomic E-state index is 0.0165. The van der Waals surface area contributed by atoms with Crippen LogP contribution in [0.25, 0.3) is 15.3 Å². The van der Waals surface area contributed by atoms with E-state index in [2.05, 4.69) is 49.1 Å². The zero-order valence-electron chi connectivity index (χ0n) is 42.2. The van der Waals surface area contributed by atoms with Crippen molar-refractivity contribution in [2.45, 2.75) is 91.1 Å². The molecule has 0 bridgehead atoms. The van der Waals surface area contributed by atoms with Gasteiger partial charge in [-0.15, -0.1) is 11.3 Å². The lowest BCUT2D eigenvalue weighted by Gasteiger charge is -2.35.